The number of thioether (sulfide) groups is 1. The number of hydrogen-bond donors (Lipinski definition) is 3. The molecule has 13 heavy (non-hydrogen) atoms. The van der Waals surface area contributed by atoms with Crippen molar-refractivity contribution < 1.29 is 10.2 Å². The van der Waals surface area contributed by atoms with E-state index in [9.17, 15) is 0 Å². The van der Waals surface area contributed by atoms with Crippen molar-refractivity contribution in [1.29, 1.82) is 0 Å². The number of aliphatic hydroxyl groups is 2. The normalized spacial score (nSPS) is 29.5. The third-order valence-electron chi connectivity index (χ3n) is 2.61. The van der Waals surface area contributed by atoms with Crippen LogP contribution in [0.1, 0.15) is 20.3 Å². The first-order valence-corrected chi connectivity index (χ1v) is 5.77. The maximum atomic E-state index is 9.10. The van der Waals surface area contributed by atoms with E-state index in [-0.39, 0.29) is 13.2 Å². The third kappa shape index (κ3) is 2.84. The standard InChI is InChI=1S/C9H19NO2S/c1-7-8(3-4-13-7)10-9(2,5-11)6-12/h7-8,10-12H,3-6H2,1-2H3. The minimum atomic E-state index is -0.524. The topological polar surface area (TPSA) is 52.5 Å². The number of rotatable bonds is 4. The molecule has 0 aromatic rings. The van der Waals surface area contributed by atoms with Crippen molar-refractivity contribution in [2.75, 3.05) is 19.0 Å². The molecular weight excluding hydrogens is 186 g/mol. The molecule has 3 N–H and O–H groups in total. The van der Waals surface area contributed by atoms with E-state index in [1.807, 2.05) is 18.7 Å². The van der Waals surface area contributed by atoms with E-state index in [4.69, 9.17) is 10.2 Å². The molecule has 0 aromatic heterocycles. The van der Waals surface area contributed by atoms with Crippen molar-refractivity contribution in [2.24, 2.45) is 0 Å². The summed E-state index contributed by atoms with van der Waals surface area (Å²) in [6.45, 7) is 4.00. The zero-order chi connectivity index (χ0) is 9.90. The predicted molar refractivity (Wildman–Crippen MR) is 56.0 cm³/mol. The van der Waals surface area contributed by atoms with E-state index in [0.717, 1.165) is 6.42 Å². The van der Waals surface area contributed by atoms with Crippen molar-refractivity contribution in [2.45, 2.75) is 37.1 Å². The molecule has 78 valence electrons. The van der Waals surface area contributed by atoms with Crippen LogP contribution in [0.5, 0.6) is 0 Å². The smallest absolute Gasteiger partial charge is 0.0633 e. The molecule has 2 atom stereocenters. The average molecular weight is 205 g/mol. The molecule has 1 aliphatic heterocycles. The summed E-state index contributed by atoms with van der Waals surface area (Å²) < 4.78 is 0. The van der Waals surface area contributed by atoms with Crippen LogP contribution in [0.3, 0.4) is 0 Å². The van der Waals surface area contributed by atoms with Gasteiger partial charge in [0, 0.05) is 11.3 Å². The van der Waals surface area contributed by atoms with Crippen LogP contribution >= 0.6 is 11.8 Å². The molecule has 4 heteroatoms. The molecule has 0 spiro atoms. The van der Waals surface area contributed by atoms with Gasteiger partial charge in [0.1, 0.15) is 0 Å². The molecule has 2 unspecified atom stereocenters. The summed E-state index contributed by atoms with van der Waals surface area (Å²) in [5.74, 6) is 1.17. The van der Waals surface area contributed by atoms with Gasteiger partial charge in [0.15, 0.2) is 0 Å². The van der Waals surface area contributed by atoms with Gasteiger partial charge in [-0.1, -0.05) is 6.92 Å². The van der Waals surface area contributed by atoms with Gasteiger partial charge in [0.2, 0.25) is 0 Å². The summed E-state index contributed by atoms with van der Waals surface area (Å²) in [5, 5.41) is 22.1. The predicted octanol–water partition coefficient (Wildman–Crippen LogP) is 0.213. The fraction of sp³-hybridized carbons (Fsp3) is 1.00. The molecule has 0 radical (unpaired) electrons. The maximum absolute atomic E-state index is 9.10. The highest BCUT2D eigenvalue weighted by molar-refractivity contribution is 8.00. The van der Waals surface area contributed by atoms with Gasteiger partial charge >= 0.3 is 0 Å². The highest BCUT2D eigenvalue weighted by Gasteiger charge is 2.31. The van der Waals surface area contributed by atoms with Gasteiger partial charge < -0.3 is 15.5 Å². The third-order valence-corrected chi connectivity index (χ3v) is 3.93. The molecule has 0 saturated carbocycles. The summed E-state index contributed by atoms with van der Waals surface area (Å²) in [5.41, 5.74) is -0.524. The fourth-order valence-corrected chi connectivity index (χ4v) is 2.71. The van der Waals surface area contributed by atoms with Crippen LogP contribution in [-0.2, 0) is 0 Å². The first-order valence-electron chi connectivity index (χ1n) is 4.72. The van der Waals surface area contributed by atoms with E-state index in [1.54, 1.807) is 0 Å². The van der Waals surface area contributed by atoms with Crippen LogP contribution in [-0.4, -0.2) is 46.0 Å². The molecule has 0 bridgehead atoms. The van der Waals surface area contributed by atoms with Gasteiger partial charge in [0.05, 0.1) is 18.8 Å². The van der Waals surface area contributed by atoms with E-state index >= 15 is 0 Å². The second-order valence-corrected chi connectivity index (χ2v) is 5.48. The van der Waals surface area contributed by atoms with Crippen LogP contribution in [0.4, 0.5) is 0 Å². The minimum absolute atomic E-state index is 0.0165. The lowest BCUT2D eigenvalue weighted by atomic mass is 10.0. The lowest BCUT2D eigenvalue weighted by molar-refractivity contribution is 0.0943. The van der Waals surface area contributed by atoms with E-state index in [2.05, 4.69) is 12.2 Å². The molecular formula is C9H19NO2S. The van der Waals surface area contributed by atoms with Crippen LogP contribution in [0, 0.1) is 0 Å². The Balaban J connectivity index is 2.45. The first-order chi connectivity index (χ1) is 6.11. The lowest BCUT2D eigenvalue weighted by Crippen LogP contribution is -2.54. The van der Waals surface area contributed by atoms with Crippen LogP contribution in [0.2, 0.25) is 0 Å². The molecule has 0 aromatic carbocycles. The largest absolute Gasteiger partial charge is 0.394 e. The lowest BCUT2D eigenvalue weighted by Gasteiger charge is -2.31. The summed E-state index contributed by atoms with van der Waals surface area (Å²) in [6, 6.07) is 0.425. The van der Waals surface area contributed by atoms with E-state index < -0.39 is 5.54 Å². The Morgan fingerprint density at radius 3 is 2.46 bits per heavy atom. The zero-order valence-corrected chi connectivity index (χ0v) is 9.10. The second-order valence-electron chi connectivity index (χ2n) is 3.99. The summed E-state index contributed by atoms with van der Waals surface area (Å²) in [4.78, 5) is 0. The molecule has 1 aliphatic rings. The number of nitrogens with one attached hydrogen (secondary N) is 1. The van der Waals surface area contributed by atoms with Gasteiger partial charge in [-0.2, -0.15) is 11.8 Å². The summed E-state index contributed by atoms with van der Waals surface area (Å²) in [7, 11) is 0. The molecule has 1 heterocycles. The van der Waals surface area contributed by atoms with Crippen molar-refractivity contribution in [1.82, 2.24) is 5.32 Å². The monoisotopic (exact) mass is 205 g/mol. The number of aliphatic hydroxyl groups excluding tert-OH is 2. The molecule has 1 fully saturated rings. The van der Waals surface area contributed by atoms with E-state index in [0.29, 0.717) is 11.3 Å². The summed E-state index contributed by atoms with van der Waals surface area (Å²) in [6.07, 6.45) is 1.13. The number of hydrogen-bond acceptors (Lipinski definition) is 4. The maximum Gasteiger partial charge on any atom is 0.0633 e. The second kappa shape index (κ2) is 4.64. The van der Waals surface area contributed by atoms with Crippen LogP contribution < -0.4 is 5.32 Å². The summed E-state index contributed by atoms with van der Waals surface area (Å²) >= 11 is 1.94. The van der Waals surface area contributed by atoms with Gasteiger partial charge in [-0.15, -0.1) is 0 Å². The Hall–Kier alpha value is 0.230. The molecule has 3 nitrogen and oxygen atoms in total. The Kier molecular flexibility index (Phi) is 4.04. The fourth-order valence-electron chi connectivity index (χ4n) is 1.51. The highest BCUT2D eigenvalue weighted by Crippen LogP contribution is 2.27. The van der Waals surface area contributed by atoms with Gasteiger partial charge in [-0.3, -0.25) is 0 Å². The van der Waals surface area contributed by atoms with Crippen LogP contribution in [0.15, 0.2) is 0 Å². The molecule has 0 aliphatic carbocycles. The minimum Gasteiger partial charge on any atom is -0.394 e. The van der Waals surface area contributed by atoms with Crippen LogP contribution in [0.25, 0.3) is 0 Å². The van der Waals surface area contributed by atoms with Gasteiger partial charge in [-0.25, -0.2) is 0 Å². The molecule has 1 rings (SSSR count). The highest BCUT2D eigenvalue weighted by atomic mass is 32.2. The van der Waals surface area contributed by atoms with Crippen molar-refractivity contribution in [3.05, 3.63) is 0 Å². The van der Waals surface area contributed by atoms with E-state index in [1.165, 1.54) is 5.75 Å². The molecule has 1 saturated heterocycles. The van der Waals surface area contributed by atoms with Crippen molar-refractivity contribution in [3.8, 4) is 0 Å². The van der Waals surface area contributed by atoms with Gasteiger partial charge in [0.25, 0.3) is 0 Å². The Morgan fingerprint density at radius 2 is 2.08 bits per heavy atom. The Labute approximate surface area is 83.9 Å². The first kappa shape index (κ1) is 11.3. The van der Waals surface area contributed by atoms with Crippen molar-refractivity contribution >= 4 is 11.8 Å². The zero-order valence-electron chi connectivity index (χ0n) is 8.29. The SMILES string of the molecule is CC1SCCC1NC(C)(CO)CO. The van der Waals surface area contributed by atoms with Gasteiger partial charge in [-0.05, 0) is 19.1 Å². The van der Waals surface area contributed by atoms with Crippen molar-refractivity contribution in [3.63, 3.8) is 0 Å². The molecule has 0 amide bonds. The Bertz CT molecular complexity index is 162. The average Bonchev–Trinajstić information content (AvgIpc) is 2.52. The quantitative estimate of drug-likeness (QED) is 0.614. The Morgan fingerprint density at radius 1 is 1.46 bits per heavy atom.